The molecule has 0 aliphatic carbocycles. The van der Waals surface area contributed by atoms with Crippen molar-refractivity contribution in [3.8, 4) is 5.75 Å². The molecule has 1 saturated heterocycles. The zero-order chi connectivity index (χ0) is 20.5. The zero-order valence-electron chi connectivity index (χ0n) is 18.1. The first-order chi connectivity index (χ1) is 14.2. The molecule has 1 atom stereocenters. The van der Waals surface area contributed by atoms with Gasteiger partial charge in [0.25, 0.3) is 0 Å². The molecular weight excluding hydrogens is 491 g/mol. The highest BCUT2D eigenvalue weighted by Gasteiger charge is 2.23. The lowest BCUT2D eigenvalue weighted by atomic mass is 10.0. The first-order valence-electron chi connectivity index (χ1n) is 10.1. The van der Waals surface area contributed by atoms with E-state index in [2.05, 4.69) is 63.6 Å². The number of morpholine rings is 1. The Hall–Kier alpha value is -1.84. The van der Waals surface area contributed by atoms with Crippen LogP contribution in [-0.4, -0.2) is 69.8 Å². The first kappa shape index (κ1) is 24.4. The molecular formula is C23H33IN4O2. The van der Waals surface area contributed by atoms with E-state index < -0.39 is 0 Å². The van der Waals surface area contributed by atoms with Crippen LogP contribution in [0.25, 0.3) is 0 Å². The number of nitrogens with zero attached hydrogens (tertiary/aromatic N) is 3. The molecule has 1 unspecified atom stereocenters. The van der Waals surface area contributed by atoms with Crippen LogP contribution < -0.4 is 10.1 Å². The van der Waals surface area contributed by atoms with Crippen molar-refractivity contribution in [3.05, 3.63) is 65.7 Å². The Morgan fingerprint density at radius 3 is 2.40 bits per heavy atom. The number of ether oxygens (including phenoxy) is 2. The van der Waals surface area contributed by atoms with Crippen molar-refractivity contribution in [2.24, 2.45) is 4.99 Å². The molecule has 0 aromatic heterocycles. The summed E-state index contributed by atoms with van der Waals surface area (Å²) >= 11 is 0. The van der Waals surface area contributed by atoms with Gasteiger partial charge in [-0.3, -0.25) is 9.89 Å². The van der Waals surface area contributed by atoms with Crippen molar-refractivity contribution in [1.82, 2.24) is 15.1 Å². The van der Waals surface area contributed by atoms with Gasteiger partial charge >= 0.3 is 0 Å². The molecule has 0 amide bonds. The molecule has 0 saturated carbocycles. The Bertz CT molecular complexity index is 765. The van der Waals surface area contributed by atoms with Gasteiger partial charge in [0.05, 0.1) is 26.4 Å². The quantitative estimate of drug-likeness (QED) is 0.342. The van der Waals surface area contributed by atoms with Gasteiger partial charge < -0.3 is 19.7 Å². The minimum atomic E-state index is 0. The molecule has 1 fully saturated rings. The number of nitrogens with one attached hydrogen (secondary N) is 1. The summed E-state index contributed by atoms with van der Waals surface area (Å²) in [6.07, 6.45) is 0. The second-order valence-corrected chi connectivity index (χ2v) is 7.21. The standard InChI is InChI=1S/C23H32N4O2.HI/c1-24-23(26(2)18-19-7-5-4-6-8-19)25-17-22(27-13-15-29-16-14-27)20-9-11-21(28-3)12-10-20;/h4-12,22H,13-18H2,1-3H3,(H,24,25);1H. The molecule has 0 radical (unpaired) electrons. The van der Waals surface area contributed by atoms with Crippen molar-refractivity contribution in [1.29, 1.82) is 0 Å². The van der Waals surface area contributed by atoms with E-state index in [9.17, 15) is 0 Å². The van der Waals surface area contributed by atoms with Crippen LogP contribution in [0, 0.1) is 0 Å². The number of halogens is 1. The maximum atomic E-state index is 5.56. The Morgan fingerprint density at radius 2 is 1.80 bits per heavy atom. The van der Waals surface area contributed by atoms with E-state index in [1.807, 2.05) is 25.2 Å². The van der Waals surface area contributed by atoms with E-state index in [-0.39, 0.29) is 30.0 Å². The third kappa shape index (κ3) is 6.85. The van der Waals surface area contributed by atoms with E-state index in [1.165, 1.54) is 11.1 Å². The summed E-state index contributed by atoms with van der Waals surface area (Å²) in [4.78, 5) is 9.12. The molecule has 0 spiro atoms. The van der Waals surface area contributed by atoms with Crippen molar-refractivity contribution < 1.29 is 9.47 Å². The first-order valence-corrected chi connectivity index (χ1v) is 10.1. The third-order valence-electron chi connectivity index (χ3n) is 5.28. The predicted octanol–water partition coefficient (Wildman–Crippen LogP) is 3.39. The van der Waals surface area contributed by atoms with Crippen molar-refractivity contribution >= 4 is 29.9 Å². The highest BCUT2D eigenvalue weighted by molar-refractivity contribution is 14.0. The van der Waals surface area contributed by atoms with Crippen LogP contribution in [0.3, 0.4) is 0 Å². The molecule has 30 heavy (non-hydrogen) atoms. The monoisotopic (exact) mass is 524 g/mol. The summed E-state index contributed by atoms with van der Waals surface area (Å²) in [5.41, 5.74) is 2.53. The Balaban J connectivity index is 0.00000320. The number of guanidine groups is 1. The molecule has 2 aromatic rings. The average Bonchev–Trinajstić information content (AvgIpc) is 2.78. The van der Waals surface area contributed by atoms with Crippen LogP contribution in [0.5, 0.6) is 5.75 Å². The van der Waals surface area contributed by atoms with Crippen LogP contribution >= 0.6 is 24.0 Å². The van der Waals surface area contributed by atoms with Gasteiger partial charge in [-0.05, 0) is 23.3 Å². The molecule has 0 bridgehead atoms. The Kier molecular flexibility index (Phi) is 10.4. The van der Waals surface area contributed by atoms with Crippen LogP contribution in [0.15, 0.2) is 59.6 Å². The van der Waals surface area contributed by atoms with Crippen LogP contribution in [0.2, 0.25) is 0 Å². The van der Waals surface area contributed by atoms with Crippen LogP contribution in [0.4, 0.5) is 0 Å². The van der Waals surface area contributed by atoms with Gasteiger partial charge in [0.15, 0.2) is 5.96 Å². The minimum absolute atomic E-state index is 0. The van der Waals surface area contributed by atoms with E-state index in [4.69, 9.17) is 9.47 Å². The maximum absolute atomic E-state index is 5.56. The number of hydrogen-bond acceptors (Lipinski definition) is 4. The van der Waals surface area contributed by atoms with E-state index >= 15 is 0 Å². The minimum Gasteiger partial charge on any atom is -0.497 e. The normalized spacial score (nSPS) is 15.8. The molecule has 2 aromatic carbocycles. The number of methoxy groups -OCH3 is 1. The topological polar surface area (TPSA) is 49.3 Å². The lowest BCUT2D eigenvalue weighted by Gasteiger charge is -2.35. The van der Waals surface area contributed by atoms with Crippen molar-refractivity contribution in [2.45, 2.75) is 12.6 Å². The number of hydrogen-bond donors (Lipinski definition) is 1. The highest BCUT2D eigenvalue weighted by atomic mass is 127. The molecule has 1 aliphatic heterocycles. The lowest BCUT2D eigenvalue weighted by Crippen LogP contribution is -2.46. The lowest BCUT2D eigenvalue weighted by molar-refractivity contribution is 0.0169. The summed E-state index contributed by atoms with van der Waals surface area (Å²) in [6.45, 7) is 4.99. The molecule has 3 rings (SSSR count). The fraction of sp³-hybridized carbons (Fsp3) is 0.435. The van der Waals surface area contributed by atoms with Gasteiger partial charge in [-0.2, -0.15) is 0 Å². The van der Waals surface area contributed by atoms with Gasteiger partial charge in [0.2, 0.25) is 0 Å². The Labute approximate surface area is 197 Å². The van der Waals surface area contributed by atoms with Gasteiger partial charge in [0, 0.05) is 40.3 Å². The fourth-order valence-corrected chi connectivity index (χ4v) is 3.68. The number of benzene rings is 2. The van der Waals surface area contributed by atoms with Gasteiger partial charge in [-0.1, -0.05) is 42.5 Å². The molecule has 1 heterocycles. The summed E-state index contributed by atoms with van der Waals surface area (Å²) in [7, 11) is 5.60. The number of rotatable bonds is 7. The smallest absolute Gasteiger partial charge is 0.193 e. The molecule has 7 heteroatoms. The van der Waals surface area contributed by atoms with Gasteiger partial charge in [-0.25, -0.2) is 0 Å². The van der Waals surface area contributed by atoms with E-state index in [0.29, 0.717) is 0 Å². The van der Waals surface area contributed by atoms with Gasteiger partial charge in [0.1, 0.15) is 5.75 Å². The van der Waals surface area contributed by atoms with Crippen LogP contribution in [0.1, 0.15) is 17.2 Å². The van der Waals surface area contributed by atoms with Gasteiger partial charge in [-0.15, -0.1) is 24.0 Å². The molecule has 1 N–H and O–H groups in total. The largest absolute Gasteiger partial charge is 0.497 e. The Morgan fingerprint density at radius 1 is 1.13 bits per heavy atom. The second-order valence-electron chi connectivity index (χ2n) is 7.21. The summed E-state index contributed by atoms with van der Waals surface area (Å²) in [5, 5.41) is 3.58. The number of aliphatic imine (C=N–C) groups is 1. The van der Waals surface area contributed by atoms with Crippen LogP contribution in [-0.2, 0) is 11.3 Å². The van der Waals surface area contributed by atoms with E-state index in [1.54, 1.807) is 7.11 Å². The average molecular weight is 524 g/mol. The van der Waals surface area contributed by atoms with Crippen molar-refractivity contribution in [3.63, 3.8) is 0 Å². The van der Waals surface area contributed by atoms with E-state index in [0.717, 1.165) is 51.1 Å². The van der Waals surface area contributed by atoms with Crippen molar-refractivity contribution in [2.75, 3.05) is 54.1 Å². The SMILES string of the molecule is CN=C(NCC(c1ccc(OC)cc1)N1CCOCC1)N(C)Cc1ccccc1.I. The summed E-state index contributed by atoms with van der Waals surface area (Å²) in [5.74, 6) is 1.77. The predicted molar refractivity (Wildman–Crippen MR) is 133 cm³/mol. The summed E-state index contributed by atoms with van der Waals surface area (Å²) < 4.78 is 10.9. The molecule has 1 aliphatic rings. The highest BCUT2D eigenvalue weighted by Crippen LogP contribution is 2.23. The molecule has 6 nitrogen and oxygen atoms in total. The molecule has 164 valence electrons. The zero-order valence-corrected chi connectivity index (χ0v) is 20.4. The fourth-order valence-electron chi connectivity index (χ4n) is 3.68. The third-order valence-corrected chi connectivity index (χ3v) is 5.28. The summed E-state index contributed by atoms with van der Waals surface area (Å²) in [6, 6.07) is 19.0. The second kappa shape index (κ2) is 12.8. The maximum Gasteiger partial charge on any atom is 0.193 e.